The van der Waals surface area contributed by atoms with Crippen molar-refractivity contribution in [2.24, 2.45) is 0 Å². The summed E-state index contributed by atoms with van der Waals surface area (Å²) in [6, 6.07) is 12.7. The molecule has 0 amide bonds. The Bertz CT molecular complexity index is 752. The van der Waals surface area contributed by atoms with E-state index in [0.717, 1.165) is 12.1 Å². The third kappa shape index (κ3) is 2.93. The van der Waals surface area contributed by atoms with Crippen molar-refractivity contribution in [1.29, 1.82) is 0 Å². The summed E-state index contributed by atoms with van der Waals surface area (Å²) in [5.41, 5.74) is 4.54. The van der Waals surface area contributed by atoms with E-state index in [1.165, 1.54) is 22.1 Å². The molecule has 1 N–H and O–H groups in total. The fraction of sp³-hybridized carbons (Fsp3) is 0.222. The number of pyridine rings is 2. The SMILES string of the molecule is CCNC(c1cncc(C)c1)c1cnc2ccccc2c1. The van der Waals surface area contributed by atoms with Crippen molar-refractivity contribution in [3.05, 3.63) is 71.7 Å². The first-order valence-electron chi connectivity index (χ1n) is 7.27. The van der Waals surface area contributed by atoms with Gasteiger partial charge in [0.2, 0.25) is 0 Å². The Balaban J connectivity index is 2.06. The third-order valence-corrected chi connectivity index (χ3v) is 3.58. The highest BCUT2D eigenvalue weighted by molar-refractivity contribution is 5.78. The topological polar surface area (TPSA) is 37.8 Å². The largest absolute Gasteiger partial charge is 0.306 e. The molecule has 3 nitrogen and oxygen atoms in total. The number of aromatic nitrogens is 2. The van der Waals surface area contributed by atoms with Crippen molar-refractivity contribution in [3.63, 3.8) is 0 Å². The van der Waals surface area contributed by atoms with Crippen LogP contribution in [0.4, 0.5) is 0 Å². The molecule has 0 aliphatic rings. The Morgan fingerprint density at radius 1 is 1.05 bits per heavy atom. The highest BCUT2D eigenvalue weighted by Crippen LogP contribution is 2.24. The van der Waals surface area contributed by atoms with Gasteiger partial charge in [-0.1, -0.05) is 31.2 Å². The van der Waals surface area contributed by atoms with Crippen molar-refractivity contribution in [2.75, 3.05) is 6.54 Å². The Labute approximate surface area is 125 Å². The van der Waals surface area contributed by atoms with E-state index in [0.29, 0.717) is 0 Å². The van der Waals surface area contributed by atoms with Crippen LogP contribution in [0.25, 0.3) is 10.9 Å². The fourth-order valence-electron chi connectivity index (χ4n) is 2.61. The van der Waals surface area contributed by atoms with Crippen molar-refractivity contribution < 1.29 is 0 Å². The minimum Gasteiger partial charge on any atom is -0.306 e. The average molecular weight is 277 g/mol. The lowest BCUT2D eigenvalue weighted by Gasteiger charge is -2.19. The second kappa shape index (κ2) is 6.02. The molecule has 0 aliphatic carbocycles. The van der Waals surface area contributed by atoms with Gasteiger partial charge < -0.3 is 5.32 Å². The number of hydrogen-bond donors (Lipinski definition) is 1. The molecule has 2 heterocycles. The van der Waals surface area contributed by atoms with Gasteiger partial charge >= 0.3 is 0 Å². The van der Waals surface area contributed by atoms with Crippen LogP contribution in [-0.2, 0) is 0 Å². The van der Waals surface area contributed by atoms with Crippen LogP contribution in [0, 0.1) is 6.92 Å². The lowest BCUT2D eigenvalue weighted by atomic mass is 9.99. The maximum Gasteiger partial charge on any atom is 0.0702 e. The Morgan fingerprint density at radius 3 is 2.67 bits per heavy atom. The van der Waals surface area contributed by atoms with Crippen LogP contribution < -0.4 is 5.32 Å². The Kier molecular flexibility index (Phi) is 3.93. The number of aryl methyl sites for hydroxylation is 1. The van der Waals surface area contributed by atoms with E-state index in [4.69, 9.17) is 0 Å². The van der Waals surface area contributed by atoms with Crippen LogP contribution in [0.3, 0.4) is 0 Å². The quantitative estimate of drug-likeness (QED) is 0.791. The van der Waals surface area contributed by atoms with Gasteiger partial charge in [0.1, 0.15) is 0 Å². The first kappa shape index (κ1) is 13.7. The summed E-state index contributed by atoms with van der Waals surface area (Å²) in [5, 5.41) is 4.69. The molecule has 21 heavy (non-hydrogen) atoms. The summed E-state index contributed by atoms with van der Waals surface area (Å²) >= 11 is 0. The van der Waals surface area contributed by atoms with Gasteiger partial charge in [0.25, 0.3) is 0 Å². The smallest absolute Gasteiger partial charge is 0.0702 e. The predicted octanol–water partition coefficient (Wildman–Crippen LogP) is 3.64. The molecule has 106 valence electrons. The first-order valence-corrected chi connectivity index (χ1v) is 7.27. The number of fused-ring (bicyclic) bond motifs is 1. The van der Waals surface area contributed by atoms with E-state index in [1.807, 2.05) is 36.8 Å². The molecule has 0 radical (unpaired) electrons. The zero-order valence-electron chi connectivity index (χ0n) is 12.4. The minimum atomic E-state index is 0.125. The molecule has 0 bridgehead atoms. The highest BCUT2D eigenvalue weighted by Gasteiger charge is 2.14. The molecule has 0 saturated heterocycles. The molecule has 1 atom stereocenters. The van der Waals surface area contributed by atoms with Crippen LogP contribution >= 0.6 is 0 Å². The molecule has 2 aromatic heterocycles. The van der Waals surface area contributed by atoms with Crippen LogP contribution in [0.15, 0.2) is 55.0 Å². The second-order valence-corrected chi connectivity index (χ2v) is 5.25. The van der Waals surface area contributed by atoms with Gasteiger partial charge in [-0.05, 0) is 42.3 Å². The predicted molar refractivity (Wildman–Crippen MR) is 86.2 cm³/mol. The van der Waals surface area contributed by atoms with Crippen LogP contribution in [0.1, 0.15) is 29.7 Å². The van der Waals surface area contributed by atoms with Gasteiger partial charge in [-0.15, -0.1) is 0 Å². The fourth-order valence-corrected chi connectivity index (χ4v) is 2.61. The van der Waals surface area contributed by atoms with Crippen LogP contribution in [0.5, 0.6) is 0 Å². The van der Waals surface area contributed by atoms with Gasteiger partial charge in [-0.2, -0.15) is 0 Å². The van der Waals surface area contributed by atoms with Gasteiger partial charge in [-0.3, -0.25) is 9.97 Å². The summed E-state index contributed by atoms with van der Waals surface area (Å²) in [4.78, 5) is 8.89. The summed E-state index contributed by atoms with van der Waals surface area (Å²) < 4.78 is 0. The maximum absolute atomic E-state index is 4.57. The number of para-hydroxylation sites is 1. The van der Waals surface area contributed by atoms with Crippen LogP contribution in [0.2, 0.25) is 0 Å². The molecular weight excluding hydrogens is 258 g/mol. The van der Waals surface area contributed by atoms with E-state index in [9.17, 15) is 0 Å². The molecule has 0 fully saturated rings. The lowest BCUT2D eigenvalue weighted by molar-refractivity contribution is 0.627. The molecule has 3 rings (SSSR count). The summed E-state index contributed by atoms with van der Waals surface area (Å²) in [5.74, 6) is 0. The number of benzene rings is 1. The summed E-state index contributed by atoms with van der Waals surface area (Å²) in [6.07, 6.45) is 5.76. The van der Waals surface area contributed by atoms with Crippen molar-refractivity contribution in [1.82, 2.24) is 15.3 Å². The molecule has 1 aromatic carbocycles. The molecular formula is C18H19N3. The normalized spacial score (nSPS) is 12.5. The Hall–Kier alpha value is -2.26. The second-order valence-electron chi connectivity index (χ2n) is 5.25. The van der Waals surface area contributed by atoms with Crippen molar-refractivity contribution in [2.45, 2.75) is 19.9 Å². The maximum atomic E-state index is 4.57. The number of rotatable bonds is 4. The van der Waals surface area contributed by atoms with Crippen molar-refractivity contribution >= 4 is 10.9 Å². The van der Waals surface area contributed by atoms with E-state index in [-0.39, 0.29) is 6.04 Å². The lowest BCUT2D eigenvalue weighted by Crippen LogP contribution is -2.22. The van der Waals surface area contributed by atoms with Gasteiger partial charge in [0.05, 0.1) is 11.6 Å². The number of nitrogens with one attached hydrogen (secondary N) is 1. The molecule has 0 spiro atoms. The molecule has 3 aromatic rings. The standard InChI is InChI=1S/C18H19N3/c1-3-20-18(15-8-13(2)10-19-11-15)16-9-14-6-4-5-7-17(14)21-12-16/h4-12,18,20H,3H2,1-2H3. The van der Waals surface area contributed by atoms with Gasteiger partial charge in [0, 0.05) is 24.0 Å². The number of nitrogens with zero attached hydrogens (tertiary/aromatic N) is 2. The first-order chi connectivity index (χ1) is 10.3. The zero-order chi connectivity index (χ0) is 14.7. The molecule has 3 heteroatoms. The Morgan fingerprint density at radius 2 is 1.86 bits per heavy atom. The highest BCUT2D eigenvalue weighted by atomic mass is 14.9. The molecule has 1 unspecified atom stereocenters. The van der Waals surface area contributed by atoms with Gasteiger partial charge in [0.15, 0.2) is 0 Å². The van der Waals surface area contributed by atoms with Gasteiger partial charge in [-0.25, -0.2) is 0 Å². The number of hydrogen-bond acceptors (Lipinski definition) is 3. The third-order valence-electron chi connectivity index (χ3n) is 3.58. The van der Waals surface area contributed by atoms with E-state index in [1.54, 1.807) is 0 Å². The van der Waals surface area contributed by atoms with Crippen LogP contribution in [-0.4, -0.2) is 16.5 Å². The summed E-state index contributed by atoms with van der Waals surface area (Å²) in [7, 11) is 0. The summed E-state index contributed by atoms with van der Waals surface area (Å²) in [6.45, 7) is 5.08. The van der Waals surface area contributed by atoms with E-state index in [2.05, 4.69) is 47.3 Å². The molecule has 0 saturated carbocycles. The molecule has 0 aliphatic heterocycles. The van der Waals surface area contributed by atoms with E-state index >= 15 is 0 Å². The average Bonchev–Trinajstić information content (AvgIpc) is 2.52. The van der Waals surface area contributed by atoms with Crippen molar-refractivity contribution in [3.8, 4) is 0 Å². The monoisotopic (exact) mass is 277 g/mol. The van der Waals surface area contributed by atoms with E-state index < -0.39 is 0 Å². The zero-order valence-corrected chi connectivity index (χ0v) is 12.4. The minimum absolute atomic E-state index is 0.125.